The lowest BCUT2D eigenvalue weighted by atomic mass is 10.0. The topological polar surface area (TPSA) is 12.0 Å². The zero-order valence-electron chi connectivity index (χ0n) is 11.4. The Bertz CT molecular complexity index is 568. The van der Waals surface area contributed by atoms with Crippen LogP contribution in [0.4, 0.5) is 5.69 Å². The van der Waals surface area contributed by atoms with E-state index in [1.54, 1.807) is 12.1 Å². The van der Waals surface area contributed by atoms with E-state index in [1.807, 2.05) is 0 Å². The van der Waals surface area contributed by atoms with E-state index in [-0.39, 0.29) is 0 Å². The van der Waals surface area contributed by atoms with E-state index in [0.717, 1.165) is 0 Å². The van der Waals surface area contributed by atoms with Crippen molar-refractivity contribution in [2.75, 3.05) is 5.32 Å². The molecule has 2 rings (SSSR count). The van der Waals surface area contributed by atoms with Gasteiger partial charge >= 0.3 is 0 Å². The molecule has 0 spiro atoms. The maximum absolute atomic E-state index is 6.14. The molecule has 20 heavy (non-hydrogen) atoms. The monoisotopic (exact) mass is 327 g/mol. The van der Waals surface area contributed by atoms with Crippen molar-refractivity contribution in [1.82, 2.24) is 0 Å². The first kappa shape index (κ1) is 15.5. The Morgan fingerprint density at radius 1 is 0.950 bits per heavy atom. The summed E-state index contributed by atoms with van der Waals surface area (Å²) in [6.07, 6.45) is 0. The molecule has 0 amide bonds. The first-order chi connectivity index (χ1) is 9.47. The molecule has 0 saturated carbocycles. The molecule has 1 nitrogen and oxygen atoms in total. The SMILES string of the molecule is CC(C)c1ccc(CNc2c(Cl)cc(Cl)cc2Cl)cc1. The standard InChI is InChI=1S/C16H16Cl3N/c1-10(2)12-5-3-11(4-6-12)9-20-16-14(18)7-13(17)8-15(16)19/h3-8,10,20H,9H2,1-2H3. The van der Waals surface area contributed by atoms with Crippen molar-refractivity contribution in [3.63, 3.8) is 0 Å². The maximum atomic E-state index is 6.14. The normalized spacial score (nSPS) is 10.9. The van der Waals surface area contributed by atoms with Crippen LogP contribution in [0, 0.1) is 0 Å². The third-order valence-corrected chi connectivity index (χ3v) is 3.94. The Kier molecular flexibility index (Phi) is 5.20. The Morgan fingerprint density at radius 3 is 2.00 bits per heavy atom. The van der Waals surface area contributed by atoms with Gasteiger partial charge in [0.25, 0.3) is 0 Å². The van der Waals surface area contributed by atoms with Gasteiger partial charge in [0.05, 0.1) is 15.7 Å². The molecule has 0 aliphatic heterocycles. The average molecular weight is 329 g/mol. The highest BCUT2D eigenvalue weighted by molar-refractivity contribution is 6.41. The van der Waals surface area contributed by atoms with Crippen molar-refractivity contribution in [3.8, 4) is 0 Å². The molecule has 0 atom stereocenters. The van der Waals surface area contributed by atoms with Crippen molar-refractivity contribution in [1.29, 1.82) is 0 Å². The van der Waals surface area contributed by atoms with E-state index in [1.165, 1.54) is 11.1 Å². The number of nitrogens with one attached hydrogen (secondary N) is 1. The summed E-state index contributed by atoms with van der Waals surface area (Å²) in [6.45, 7) is 5.03. The lowest BCUT2D eigenvalue weighted by molar-refractivity contribution is 0.865. The Morgan fingerprint density at radius 2 is 1.50 bits per heavy atom. The van der Waals surface area contributed by atoms with Gasteiger partial charge in [-0.15, -0.1) is 0 Å². The maximum Gasteiger partial charge on any atom is 0.0722 e. The van der Waals surface area contributed by atoms with Crippen LogP contribution in [0.25, 0.3) is 0 Å². The van der Waals surface area contributed by atoms with Crippen molar-refractivity contribution < 1.29 is 0 Å². The molecule has 0 aliphatic carbocycles. The number of rotatable bonds is 4. The number of benzene rings is 2. The lowest BCUT2D eigenvalue weighted by Crippen LogP contribution is -2.01. The summed E-state index contributed by atoms with van der Waals surface area (Å²) < 4.78 is 0. The van der Waals surface area contributed by atoms with Gasteiger partial charge in [-0.25, -0.2) is 0 Å². The van der Waals surface area contributed by atoms with Gasteiger partial charge < -0.3 is 5.32 Å². The van der Waals surface area contributed by atoms with Gasteiger partial charge in [0, 0.05) is 11.6 Å². The van der Waals surface area contributed by atoms with Crippen molar-refractivity contribution in [2.45, 2.75) is 26.3 Å². The number of hydrogen-bond donors (Lipinski definition) is 1. The fourth-order valence-corrected chi connectivity index (χ4v) is 2.87. The van der Waals surface area contributed by atoms with Gasteiger partial charge in [-0.05, 0) is 29.2 Å². The molecule has 2 aromatic carbocycles. The van der Waals surface area contributed by atoms with Crippen LogP contribution in [0.5, 0.6) is 0 Å². The van der Waals surface area contributed by atoms with E-state index < -0.39 is 0 Å². The van der Waals surface area contributed by atoms with Gasteiger partial charge in [-0.1, -0.05) is 72.9 Å². The third kappa shape index (κ3) is 3.82. The van der Waals surface area contributed by atoms with Crippen LogP contribution >= 0.6 is 34.8 Å². The van der Waals surface area contributed by atoms with Crippen LogP contribution < -0.4 is 5.32 Å². The van der Waals surface area contributed by atoms with Crippen LogP contribution in [0.2, 0.25) is 15.1 Å². The molecule has 0 radical (unpaired) electrons. The minimum atomic E-state index is 0.529. The number of halogens is 3. The molecular weight excluding hydrogens is 313 g/mol. The van der Waals surface area contributed by atoms with E-state index in [0.29, 0.717) is 33.2 Å². The fraction of sp³-hybridized carbons (Fsp3) is 0.250. The van der Waals surface area contributed by atoms with Crippen LogP contribution in [0.3, 0.4) is 0 Å². The van der Waals surface area contributed by atoms with E-state index in [9.17, 15) is 0 Å². The minimum Gasteiger partial charge on any atom is -0.379 e. The summed E-state index contributed by atoms with van der Waals surface area (Å²) in [5.74, 6) is 0.539. The molecule has 0 unspecified atom stereocenters. The highest BCUT2D eigenvalue weighted by Crippen LogP contribution is 2.33. The average Bonchev–Trinajstić information content (AvgIpc) is 2.38. The van der Waals surface area contributed by atoms with Gasteiger partial charge in [0.2, 0.25) is 0 Å². The third-order valence-electron chi connectivity index (χ3n) is 3.12. The van der Waals surface area contributed by atoms with Crippen molar-refractivity contribution in [2.24, 2.45) is 0 Å². The van der Waals surface area contributed by atoms with E-state index in [2.05, 4.69) is 43.4 Å². The lowest BCUT2D eigenvalue weighted by Gasteiger charge is -2.12. The second-order valence-corrected chi connectivity index (χ2v) is 6.25. The van der Waals surface area contributed by atoms with Gasteiger partial charge in [0.15, 0.2) is 0 Å². The molecule has 0 aliphatic rings. The minimum absolute atomic E-state index is 0.529. The predicted molar refractivity (Wildman–Crippen MR) is 89.3 cm³/mol. The summed E-state index contributed by atoms with van der Waals surface area (Å²) in [5.41, 5.74) is 3.22. The van der Waals surface area contributed by atoms with Crippen LogP contribution in [-0.4, -0.2) is 0 Å². The summed E-state index contributed by atoms with van der Waals surface area (Å²) in [4.78, 5) is 0. The largest absolute Gasteiger partial charge is 0.379 e. The number of anilines is 1. The van der Waals surface area contributed by atoms with Crippen LogP contribution in [0.1, 0.15) is 30.9 Å². The summed E-state index contributed by atoms with van der Waals surface area (Å²) in [5, 5.41) is 4.84. The first-order valence-electron chi connectivity index (χ1n) is 6.44. The Labute approximate surface area is 134 Å². The summed E-state index contributed by atoms with van der Waals surface area (Å²) in [7, 11) is 0. The fourth-order valence-electron chi connectivity index (χ4n) is 1.92. The highest BCUT2D eigenvalue weighted by atomic mass is 35.5. The second kappa shape index (κ2) is 6.71. The molecule has 2 aromatic rings. The van der Waals surface area contributed by atoms with Crippen molar-refractivity contribution in [3.05, 3.63) is 62.6 Å². The molecule has 0 aromatic heterocycles. The zero-order valence-corrected chi connectivity index (χ0v) is 13.7. The molecule has 4 heteroatoms. The van der Waals surface area contributed by atoms with Gasteiger partial charge in [-0.3, -0.25) is 0 Å². The quantitative estimate of drug-likeness (QED) is 0.686. The zero-order chi connectivity index (χ0) is 14.7. The Balaban J connectivity index is 2.09. The molecule has 0 saturated heterocycles. The number of hydrogen-bond acceptors (Lipinski definition) is 1. The van der Waals surface area contributed by atoms with E-state index >= 15 is 0 Å². The van der Waals surface area contributed by atoms with Gasteiger partial charge in [0.1, 0.15) is 0 Å². The molecule has 0 bridgehead atoms. The smallest absolute Gasteiger partial charge is 0.0722 e. The predicted octanol–water partition coefficient (Wildman–Crippen LogP) is 6.38. The molecular formula is C16H16Cl3N. The highest BCUT2D eigenvalue weighted by Gasteiger charge is 2.07. The molecule has 0 heterocycles. The van der Waals surface area contributed by atoms with E-state index in [4.69, 9.17) is 34.8 Å². The van der Waals surface area contributed by atoms with Gasteiger partial charge in [-0.2, -0.15) is 0 Å². The van der Waals surface area contributed by atoms with Crippen molar-refractivity contribution >= 4 is 40.5 Å². The van der Waals surface area contributed by atoms with Crippen LogP contribution in [-0.2, 0) is 6.54 Å². The molecule has 0 fully saturated rings. The van der Waals surface area contributed by atoms with Crippen LogP contribution in [0.15, 0.2) is 36.4 Å². The second-order valence-electron chi connectivity index (χ2n) is 4.99. The summed E-state index contributed by atoms with van der Waals surface area (Å²) >= 11 is 18.2. The Hall–Kier alpha value is -0.890. The summed E-state index contributed by atoms with van der Waals surface area (Å²) in [6, 6.07) is 11.9. The molecule has 106 valence electrons. The first-order valence-corrected chi connectivity index (χ1v) is 7.58. The molecule has 1 N–H and O–H groups in total.